The molecule has 0 fully saturated rings. The number of ether oxygens (including phenoxy) is 11. The molecule has 0 amide bonds. The highest BCUT2D eigenvalue weighted by atomic mass is 16.7. The highest BCUT2D eigenvalue weighted by Gasteiger charge is 2.24. The standard InChI is InChI=1S/C20H24O4.C17H24O4.C16H20N2O2.C16H23NO2.C15H22O4/c1-4-14(2)17-9-11-19(12-10-17)24-15(3)23-13-16-5-7-18(8-6-16)20(21)22;1-5-13(3)15-7-9-16(10-8-15)21-14(4)19-11-12-20-17(18)6-2;1-4-16(3,12-18)14-6-8-15(9-7-14)20-13(2)19-11-5-10-17;1-4-13(3)14-7-9-15(10-8-14)19-16(5-2)18-12-6-11-17;1-4-11(2)13-5-7-14(8-6-13)19-12(3)18-10-9-15(16)17/h5-12,14-15H,4,13H2,1-3H3,(H,21,22);6-10,13-14H,2,5,11-12H2,1,3-4H3;6-9,13H,4-5,11H2,1-3H3;7-10,13,16H,4-6,12H2,1-3H3;5-8,11-12H,4,9-10H2,1-3H3,(H,16,17). The van der Waals surface area contributed by atoms with Gasteiger partial charge in [-0.15, -0.1) is 0 Å². The molecule has 0 saturated heterocycles. The van der Waals surface area contributed by atoms with Crippen LogP contribution < -0.4 is 23.7 Å². The number of hydrogen-bond donors (Lipinski definition) is 2. The predicted molar refractivity (Wildman–Crippen MR) is 401 cm³/mol. The summed E-state index contributed by atoms with van der Waals surface area (Å²) in [6.45, 7) is 35.7. The fraction of sp³-hybridized carbons (Fsp3) is 0.476. The van der Waals surface area contributed by atoms with Crippen molar-refractivity contribution >= 4 is 17.9 Å². The molecule has 10 unspecified atom stereocenters. The van der Waals surface area contributed by atoms with Crippen LogP contribution in [0.3, 0.4) is 0 Å². The van der Waals surface area contributed by atoms with Crippen molar-refractivity contribution in [3.8, 4) is 47.0 Å². The Balaban J connectivity index is 0.000000439. The summed E-state index contributed by atoms with van der Waals surface area (Å²) in [7, 11) is 0. The monoisotopic (exact) mass is 1420 g/mol. The lowest BCUT2D eigenvalue weighted by molar-refractivity contribution is -0.143. The van der Waals surface area contributed by atoms with Crippen LogP contribution in [-0.4, -0.2) is 92.6 Å². The summed E-state index contributed by atoms with van der Waals surface area (Å²) >= 11 is 0. The topological polar surface area (TPSA) is 265 Å². The molecule has 6 aromatic rings. The molecule has 0 heterocycles. The summed E-state index contributed by atoms with van der Waals surface area (Å²) < 4.78 is 60.2. The van der Waals surface area contributed by atoms with Gasteiger partial charge in [0, 0.05) is 12.5 Å². The molecule has 560 valence electrons. The van der Waals surface area contributed by atoms with Gasteiger partial charge in [0.05, 0.1) is 81.5 Å². The molecular weight excluding hydrogens is 1310 g/mol. The number of aromatic carboxylic acids is 1. The Morgan fingerprint density at radius 1 is 0.447 bits per heavy atom. The van der Waals surface area contributed by atoms with Crippen LogP contribution in [0.25, 0.3) is 0 Å². The molecule has 0 aromatic heterocycles. The van der Waals surface area contributed by atoms with E-state index in [1.54, 1.807) is 45.0 Å². The van der Waals surface area contributed by atoms with Gasteiger partial charge in [-0.3, -0.25) is 4.79 Å². The summed E-state index contributed by atoms with van der Waals surface area (Å²) in [5, 5.41) is 43.5. The first-order valence-corrected chi connectivity index (χ1v) is 35.7. The zero-order valence-electron chi connectivity index (χ0n) is 63.4. The van der Waals surface area contributed by atoms with Gasteiger partial charge in [-0.25, -0.2) is 9.59 Å². The lowest BCUT2D eigenvalue weighted by atomic mass is 9.82. The van der Waals surface area contributed by atoms with Gasteiger partial charge >= 0.3 is 17.9 Å². The van der Waals surface area contributed by atoms with Gasteiger partial charge in [0.1, 0.15) is 35.4 Å². The second-order valence-electron chi connectivity index (χ2n) is 24.7. The Morgan fingerprint density at radius 2 is 0.796 bits per heavy atom. The zero-order valence-corrected chi connectivity index (χ0v) is 63.4. The van der Waals surface area contributed by atoms with Gasteiger partial charge in [0.15, 0.2) is 31.5 Å². The predicted octanol–water partition coefficient (Wildman–Crippen LogP) is 19.7. The van der Waals surface area contributed by atoms with Crippen LogP contribution in [-0.2, 0) is 50.0 Å². The third-order valence-corrected chi connectivity index (χ3v) is 16.8. The fourth-order valence-corrected chi connectivity index (χ4v) is 9.17. The number of aliphatic carboxylic acids is 1. The van der Waals surface area contributed by atoms with Crippen molar-refractivity contribution < 1.29 is 76.7 Å². The molecule has 0 spiro atoms. The average Bonchev–Trinajstić information content (AvgIpc) is 0.852. The molecule has 10 atom stereocenters. The van der Waals surface area contributed by atoms with Crippen LogP contribution in [0.5, 0.6) is 28.7 Å². The first-order chi connectivity index (χ1) is 49.3. The molecule has 103 heavy (non-hydrogen) atoms. The van der Waals surface area contributed by atoms with E-state index in [4.69, 9.17) is 72.8 Å². The van der Waals surface area contributed by atoms with E-state index in [0.717, 1.165) is 78.7 Å². The number of carboxylic acid groups (broad SMARTS) is 2. The van der Waals surface area contributed by atoms with Crippen LogP contribution in [0.15, 0.2) is 158 Å². The van der Waals surface area contributed by atoms with Crippen LogP contribution in [0.4, 0.5) is 0 Å². The van der Waals surface area contributed by atoms with E-state index >= 15 is 0 Å². The maximum absolute atomic E-state index is 10.8. The lowest BCUT2D eigenvalue weighted by Crippen LogP contribution is -2.20. The normalized spacial score (nSPS) is 13.7. The Bertz CT molecular complexity index is 3420. The first kappa shape index (κ1) is 89.8. The number of carboxylic acids is 2. The minimum absolute atomic E-state index is 0.0132. The van der Waals surface area contributed by atoms with Crippen molar-refractivity contribution in [1.29, 1.82) is 15.8 Å². The maximum atomic E-state index is 10.8. The molecule has 0 radical (unpaired) electrons. The molecule has 19 heteroatoms. The number of hydrogen-bond acceptors (Lipinski definition) is 17. The minimum Gasteiger partial charge on any atom is -0.481 e. The molecule has 0 aliphatic carbocycles. The van der Waals surface area contributed by atoms with Crippen molar-refractivity contribution in [2.24, 2.45) is 0 Å². The second-order valence-corrected chi connectivity index (χ2v) is 24.7. The van der Waals surface area contributed by atoms with Crippen LogP contribution in [0, 0.1) is 34.0 Å². The Kier molecular flexibility index (Phi) is 45.2. The van der Waals surface area contributed by atoms with Crippen molar-refractivity contribution in [2.75, 3.05) is 33.0 Å². The number of nitrogens with zero attached hydrogens (tertiary/aromatic N) is 3. The summed E-state index contributed by atoms with van der Waals surface area (Å²) in [6.07, 6.45) is 5.93. The quantitative estimate of drug-likeness (QED) is 0.0157. The molecule has 0 aliphatic rings. The fourth-order valence-electron chi connectivity index (χ4n) is 9.17. The van der Waals surface area contributed by atoms with E-state index in [1.807, 2.05) is 119 Å². The summed E-state index contributed by atoms with van der Waals surface area (Å²) in [5.74, 6) is 3.72. The second kappa shape index (κ2) is 51.8. The third kappa shape index (κ3) is 37.5. The first-order valence-electron chi connectivity index (χ1n) is 35.7. The SMILES string of the molecule is C=CC(=O)OCCOC(C)Oc1ccc(C(C)CC)cc1.CCC(C)(C#N)c1ccc(OC(C)OCCC#N)cc1.CCC(C)c1ccc(OC(C)OCCC(=O)O)cc1.CCC(C)c1ccc(OC(C)OCc2ccc(C(=O)O)cc2)cc1.CCC(OCCC#N)Oc1ccc(C(C)CC)cc1. The van der Waals surface area contributed by atoms with Crippen molar-refractivity contribution in [3.05, 3.63) is 197 Å². The average molecular weight is 1420 g/mol. The third-order valence-electron chi connectivity index (χ3n) is 16.8. The summed E-state index contributed by atoms with van der Waals surface area (Å²) in [5.41, 5.74) is 6.90. The largest absolute Gasteiger partial charge is 0.481 e. The Morgan fingerprint density at radius 3 is 1.13 bits per heavy atom. The molecule has 2 N–H and O–H groups in total. The van der Waals surface area contributed by atoms with E-state index < -0.39 is 48.5 Å². The van der Waals surface area contributed by atoms with Gasteiger partial charge < -0.3 is 62.3 Å². The Labute approximate surface area is 613 Å². The van der Waals surface area contributed by atoms with E-state index in [2.05, 4.69) is 111 Å². The van der Waals surface area contributed by atoms with Crippen molar-refractivity contribution in [3.63, 3.8) is 0 Å². The molecule has 0 saturated carbocycles. The molecule has 19 nitrogen and oxygen atoms in total. The molecule has 0 bridgehead atoms. The van der Waals surface area contributed by atoms with Crippen molar-refractivity contribution in [2.45, 2.75) is 229 Å². The van der Waals surface area contributed by atoms with E-state index in [0.29, 0.717) is 62.1 Å². The Hall–Kier alpha value is -9.26. The number of esters is 1. The summed E-state index contributed by atoms with van der Waals surface area (Å²) in [6, 6.07) is 52.8. The molecular formula is C84H113N3O16. The van der Waals surface area contributed by atoms with Crippen LogP contribution >= 0.6 is 0 Å². The van der Waals surface area contributed by atoms with Gasteiger partial charge in [0.25, 0.3) is 0 Å². The van der Waals surface area contributed by atoms with E-state index in [-0.39, 0.29) is 38.1 Å². The van der Waals surface area contributed by atoms with Crippen LogP contribution in [0.1, 0.15) is 229 Å². The smallest absolute Gasteiger partial charge is 0.335 e. The minimum atomic E-state index is -0.931. The molecule has 6 rings (SSSR count). The highest BCUT2D eigenvalue weighted by molar-refractivity contribution is 5.87. The maximum Gasteiger partial charge on any atom is 0.335 e. The molecule has 6 aromatic carbocycles. The van der Waals surface area contributed by atoms with Gasteiger partial charge in [-0.05, 0) is 197 Å². The number of benzene rings is 6. The van der Waals surface area contributed by atoms with Gasteiger partial charge in [0.2, 0.25) is 0 Å². The summed E-state index contributed by atoms with van der Waals surface area (Å²) in [4.78, 5) is 32.0. The van der Waals surface area contributed by atoms with Gasteiger partial charge in [-0.1, -0.05) is 149 Å². The lowest BCUT2D eigenvalue weighted by Gasteiger charge is -2.20. The highest BCUT2D eigenvalue weighted by Crippen LogP contribution is 2.30. The number of carbonyl (C=O) groups excluding carboxylic acids is 1. The van der Waals surface area contributed by atoms with E-state index in [1.165, 1.54) is 22.3 Å². The number of carbonyl (C=O) groups is 3. The van der Waals surface area contributed by atoms with Crippen molar-refractivity contribution in [1.82, 2.24) is 0 Å². The molecule has 0 aliphatic heterocycles. The van der Waals surface area contributed by atoms with E-state index in [9.17, 15) is 19.6 Å². The van der Waals surface area contributed by atoms with Crippen LogP contribution in [0.2, 0.25) is 0 Å². The number of rotatable bonds is 40. The van der Waals surface area contributed by atoms with Gasteiger partial charge in [-0.2, -0.15) is 15.8 Å². The zero-order chi connectivity index (χ0) is 76.5. The number of nitriles is 3.